The minimum Gasteiger partial charge on any atom is -0.326 e. The lowest BCUT2D eigenvalue weighted by molar-refractivity contribution is -0.116. The number of aryl methyl sites for hydroxylation is 1. The highest BCUT2D eigenvalue weighted by Gasteiger charge is 2.09. The molecule has 0 unspecified atom stereocenters. The summed E-state index contributed by atoms with van der Waals surface area (Å²) in [6.45, 7) is 3.84. The van der Waals surface area contributed by atoms with Crippen LogP contribution in [0.1, 0.15) is 35.1 Å². The van der Waals surface area contributed by atoms with Gasteiger partial charge in [-0.05, 0) is 37.6 Å². The van der Waals surface area contributed by atoms with Crippen LogP contribution in [0.15, 0.2) is 28.6 Å². The Morgan fingerprint density at radius 1 is 1.23 bits per heavy atom. The number of aromatic nitrogens is 2. The van der Waals surface area contributed by atoms with E-state index in [1.165, 1.54) is 23.1 Å². The highest BCUT2D eigenvalue weighted by molar-refractivity contribution is 8.01. The molecular weight excluding hydrogens is 318 g/mol. The third-order valence-electron chi connectivity index (χ3n) is 2.80. The van der Waals surface area contributed by atoms with Crippen molar-refractivity contribution < 1.29 is 9.59 Å². The summed E-state index contributed by atoms with van der Waals surface area (Å²) < 4.78 is 0.800. The van der Waals surface area contributed by atoms with Crippen LogP contribution in [0.2, 0.25) is 0 Å². The zero-order valence-electron chi connectivity index (χ0n) is 12.5. The second-order valence-corrected chi connectivity index (χ2v) is 7.08. The van der Waals surface area contributed by atoms with Gasteiger partial charge in [-0.25, -0.2) is 0 Å². The first-order valence-corrected chi connectivity index (χ1v) is 8.74. The van der Waals surface area contributed by atoms with E-state index in [4.69, 9.17) is 0 Å². The number of hydrogen-bond donors (Lipinski definition) is 1. The lowest BCUT2D eigenvalue weighted by atomic mass is 10.1. The number of anilines is 1. The molecule has 22 heavy (non-hydrogen) atoms. The predicted molar refractivity (Wildman–Crippen MR) is 89.7 cm³/mol. The zero-order chi connectivity index (χ0) is 15.9. The van der Waals surface area contributed by atoms with Crippen molar-refractivity contribution in [3.8, 4) is 0 Å². The van der Waals surface area contributed by atoms with E-state index < -0.39 is 0 Å². The van der Waals surface area contributed by atoms with E-state index >= 15 is 0 Å². The molecule has 1 aromatic carbocycles. The van der Waals surface area contributed by atoms with E-state index in [9.17, 15) is 9.59 Å². The Morgan fingerprint density at radius 2 is 1.95 bits per heavy atom. The second kappa shape index (κ2) is 8.05. The number of ketones is 1. The van der Waals surface area contributed by atoms with Gasteiger partial charge in [0.15, 0.2) is 10.1 Å². The average Bonchev–Trinajstić information content (AvgIpc) is 2.91. The first-order chi connectivity index (χ1) is 10.6. The fraction of sp³-hybridized carbons (Fsp3) is 0.333. The van der Waals surface area contributed by atoms with E-state index in [-0.39, 0.29) is 11.7 Å². The number of amides is 1. The number of hydrogen-bond acceptors (Lipinski definition) is 6. The minimum atomic E-state index is -0.0104. The van der Waals surface area contributed by atoms with Gasteiger partial charge in [0.1, 0.15) is 5.01 Å². The first-order valence-electron chi connectivity index (χ1n) is 6.94. The molecule has 0 aliphatic heterocycles. The second-order valence-electron chi connectivity index (χ2n) is 4.67. The Balaban J connectivity index is 1.89. The summed E-state index contributed by atoms with van der Waals surface area (Å²) in [7, 11) is 0. The van der Waals surface area contributed by atoms with Crippen molar-refractivity contribution in [1.82, 2.24) is 10.2 Å². The third-order valence-corrected chi connectivity index (χ3v) is 4.77. The Labute approximate surface area is 137 Å². The fourth-order valence-electron chi connectivity index (χ4n) is 1.74. The van der Waals surface area contributed by atoms with Gasteiger partial charge in [0.25, 0.3) is 0 Å². The molecular formula is C15H17N3O2S2. The van der Waals surface area contributed by atoms with Crippen LogP contribution in [0.3, 0.4) is 0 Å². The molecule has 0 fully saturated rings. The molecule has 1 amide bonds. The molecule has 2 rings (SSSR count). The highest BCUT2D eigenvalue weighted by Crippen LogP contribution is 2.23. The SMILES string of the molecule is CCCC(=O)Nc1ccc(C(=O)CSc2nnc(C)s2)cc1. The Bertz CT molecular complexity index is 653. The maximum absolute atomic E-state index is 12.1. The number of benzene rings is 1. The number of carbonyl (C=O) groups excluding carboxylic acids is 2. The molecule has 0 saturated heterocycles. The fourth-order valence-corrected chi connectivity index (χ4v) is 3.45. The van der Waals surface area contributed by atoms with Crippen molar-refractivity contribution in [1.29, 1.82) is 0 Å². The van der Waals surface area contributed by atoms with Crippen molar-refractivity contribution in [2.45, 2.75) is 31.0 Å². The van der Waals surface area contributed by atoms with Gasteiger partial charge < -0.3 is 5.32 Å². The number of carbonyl (C=O) groups is 2. The van der Waals surface area contributed by atoms with Gasteiger partial charge in [-0.3, -0.25) is 9.59 Å². The van der Waals surface area contributed by atoms with Gasteiger partial charge in [-0.2, -0.15) is 0 Å². The van der Waals surface area contributed by atoms with Gasteiger partial charge in [0.2, 0.25) is 5.91 Å². The van der Waals surface area contributed by atoms with E-state index in [1.807, 2.05) is 13.8 Å². The van der Waals surface area contributed by atoms with Crippen molar-refractivity contribution in [3.05, 3.63) is 34.8 Å². The number of Topliss-reactive ketones (excluding diaryl/α,β-unsaturated/α-hetero) is 1. The summed E-state index contributed by atoms with van der Waals surface area (Å²) in [5, 5.41) is 11.6. The molecule has 116 valence electrons. The number of nitrogens with zero attached hydrogens (tertiary/aromatic N) is 2. The standard InChI is InChI=1S/C15H17N3O2S2/c1-3-4-14(20)16-12-7-5-11(6-8-12)13(19)9-21-15-18-17-10(2)22-15/h5-8H,3-4,9H2,1-2H3,(H,16,20). The molecule has 5 nitrogen and oxygen atoms in total. The molecule has 1 aromatic heterocycles. The van der Waals surface area contributed by atoms with Crippen molar-refractivity contribution in [2.75, 3.05) is 11.1 Å². The van der Waals surface area contributed by atoms with Crippen LogP contribution in [-0.4, -0.2) is 27.6 Å². The van der Waals surface area contributed by atoms with Crippen LogP contribution in [0.25, 0.3) is 0 Å². The summed E-state index contributed by atoms with van der Waals surface area (Å²) in [4.78, 5) is 23.6. The molecule has 0 saturated carbocycles. The quantitative estimate of drug-likeness (QED) is 0.619. The number of rotatable bonds is 7. The van der Waals surface area contributed by atoms with Gasteiger partial charge in [-0.1, -0.05) is 30.0 Å². The molecule has 1 heterocycles. The Hall–Kier alpha value is -1.73. The topological polar surface area (TPSA) is 72.0 Å². The molecule has 7 heteroatoms. The van der Waals surface area contributed by atoms with Crippen LogP contribution in [0.5, 0.6) is 0 Å². The smallest absolute Gasteiger partial charge is 0.224 e. The number of nitrogens with one attached hydrogen (secondary N) is 1. The first kappa shape index (κ1) is 16.6. The zero-order valence-corrected chi connectivity index (χ0v) is 14.1. The van der Waals surface area contributed by atoms with Crippen molar-refractivity contribution in [3.63, 3.8) is 0 Å². The maximum Gasteiger partial charge on any atom is 0.224 e. The van der Waals surface area contributed by atoms with Crippen LogP contribution in [0, 0.1) is 6.92 Å². The van der Waals surface area contributed by atoms with E-state index in [0.717, 1.165) is 15.8 Å². The van der Waals surface area contributed by atoms with Crippen molar-refractivity contribution >= 4 is 40.5 Å². The molecule has 0 aliphatic carbocycles. The van der Waals surface area contributed by atoms with E-state index in [2.05, 4.69) is 15.5 Å². The lowest BCUT2D eigenvalue weighted by Crippen LogP contribution is -2.10. The largest absolute Gasteiger partial charge is 0.326 e. The molecule has 1 N–H and O–H groups in total. The summed E-state index contributed by atoms with van der Waals surface area (Å²) in [6, 6.07) is 6.96. The maximum atomic E-state index is 12.1. The Kier molecular flexibility index (Phi) is 6.09. The van der Waals surface area contributed by atoms with Crippen LogP contribution in [0.4, 0.5) is 5.69 Å². The van der Waals surface area contributed by atoms with Gasteiger partial charge in [0, 0.05) is 17.7 Å². The van der Waals surface area contributed by atoms with Crippen LogP contribution >= 0.6 is 23.1 Å². The lowest BCUT2D eigenvalue weighted by Gasteiger charge is -2.05. The van der Waals surface area contributed by atoms with Gasteiger partial charge >= 0.3 is 0 Å². The van der Waals surface area contributed by atoms with Crippen molar-refractivity contribution in [2.24, 2.45) is 0 Å². The average molecular weight is 335 g/mol. The normalized spacial score (nSPS) is 10.5. The third kappa shape index (κ3) is 4.92. The summed E-state index contributed by atoms with van der Waals surface area (Å²) in [5.74, 6) is 0.351. The van der Waals surface area contributed by atoms with Gasteiger partial charge in [-0.15, -0.1) is 10.2 Å². The molecule has 0 bridgehead atoms. The Morgan fingerprint density at radius 3 is 2.55 bits per heavy atom. The molecule has 0 radical (unpaired) electrons. The molecule has 2 aromatic rings. The molecule has 0 atom stereocenters. The summed E-state index contributed by atoms with van der Waals surface area (Å²) in [5.41, 5.74) is 1.34. The van der Waals surface area contributed by atoms with E-state index in [0.29, 0.717) is 23.4 Å². The summed E-state index contributed by atoms with van der Waals surface area (Å²) in [6.07, 6.45) is 1.31. The van der Waals surface area contributed by atoms with E-state index in [1.54, 1.807) is 24.3 Å². The predicted octanol–water partition coefficient (Wildman–Crippen LogP) is 3.56. The number of thioether (sulfide) groups is 1. The highest BCUT2D eigenvalue weighted by atomic mass is 32.2. The van der Waals surface area contributed by atoms with Crippen LogP contribution < -0.4 is 5.32 Å². The summed E-state index contributed by atoms with van der Waals surface area (Å²) >= 11 is 2.87. The molecule has 0 spiro atoms. The molecule has 0 aliphatic rings. The van der Waals surface area contributed by atoms with Crippen LogP contribution in [-0.2, 0) is 4.79 Å². The minimum absolute atomic E-state index is 0.0104. The monoisotopic (exact) mass is 335 g/mol. The van der Waals surface area contributed by atoms with Gasteiger partial charge in [0.05, 0.1) is 5.75 Å².